The number of carbonyl (C=O) groups is 1. The molecule has 3 aliphatic rings. The van der Waals surface area contributed by atoms with Crippen LogP contribution in [0.4, 0.5) is 15.8 Å². The molecule has 2 aliphatic heterocycles. The smallest absolute Gasteiger partial charge is 0.286 e. The van der Waals surface area contributed by atoms with E-state index in [0.29, 0.717) is 18.4 Å². The van der Waals surface area contributed by atoms with Crippen molar-refractivity contribution in [3.63, 3.8) is 0 Å². The fraction of sp³-hybridized carbons (Fsp3) is 0.333. The van der Waals surface area contributed by atoms with Gasteiger partial charge in [-0.05, 0) is 48.7 Å². The van der Waals surface area contributed by atoms with Crippen molar-refractivity contribution >= 4 is 43.2 Å². The highest BCUT2D eigenvalue weighted by Crippen LogP contribution is 2.41. The van der Waals surface area contributed by atoms with Crippen LogP contribution in [0.25, 0.3) is 0 Å². The molecular weight excluding hydrogens is 523 g/mol. The number of fused-ring (bicyclic) bond motifs is 2. The van der Waals surface area contributed by atoms with E-state index < -0.39 is 37.7 Å². The molecule has 13 heteroatoms. The maximum Gasteiger partial charge on any atom is 0.286 e. The fourth-order valence-electron chi connectivity index (χ4n) is 5.14. The second kappa shape index (κ2) is 9.14. The summed E-state index contributed by atoms with van der Waals surface area (Å²) in [5, 5.41) is 14.0. The number of amides is 1. The first kappa shape index (κ1) is 25.2. The Morgan fingerprint density at radius 3 is 2.57 bits per heavy atom. The molecule has 0 bridgehead atoms. The number of rotatable bonds is 5. The molecule has 1 aliphatic carbocycles. The van der Waals surface area contributed by atoms with Crippen molar-refractivity contribution in [1.82, 2.24) is 4.90 Å². The first-order chi connectivity index (χ1) is 17.4. The van der Waals surface area contributed by atoms with Crippen LogP contribution in [0, 0.1) is 11.7 Å². The topological polar surface area (TPSA) is 145 Å². The zero-order chi connectivity index (χ0) is 26.5. The van der Waals surface area contributed by atoms with E-state index in [9.17, 15) is 31.1 Å². The monoisotopic (exact) mass is 548 g/mol. The van der Waals surface area contributed by atoms with Gasteiger partial charge in [0.15, 0.2) is 5.84 Å². The third-order valence-corrected chi connectivity index (χ3v) is 8.67. The molecule has 2 heterocycles. The number of aliphatic hydroxyl groups is 1. The normalized spacial score (nSPS) is 23.0. The van der Waals surface area contributed by atoms with Gasteiger partial charge < -0.3 is 15.3 Å². The van der Waals surface area contributed by atoms with Crippen LogP contribution in [-0.4, -0.2) is 50.9 Å². The third-order valence-electron chi connectivity index (χ3n) is 6.74. The van der Waals surface area contributed by atoms with E-state index in [-0.39, 0.29) is 46.0 Å². The van der Waals surface area contributed by atoms with E-state index in [1.807, 2.05) is 0 Å². The Hall–Kier alpha value is -3.45. The minimum Gasteiger partial charge on any atom is -0.511 e. The predicted molar refractivity (Wildman–Crippen MR) is 136 cm³/mol. The Balaban J connectivity index is 1.54. The number of sulfonamides is 2. The maximum atomic E-state index is 13.7. The maximum absolute atomic E-state index is 13.7. The van der Waals surface area contributed by atoms with Crippen molar-refractivity contribution in [1.29, 1.82) is 0 Å². The summed E-state index contributed by atoms with van der Waals surface area (Å²) in [6, 6.07) is 9.36. The van der Waals surface area contributed by atoms with Gasteiger partial charge in [-0.3, -0.25) is 9.52 Å². The summed E-state index contributed by atoms with van der Waals surface area (Å²) in [5.41, 5.74) is 0.602. The molecule has 37 heavy (non-hydrogen) atoms. The standard InChI is InChI=1S/C24H25FN4O6S2/c1-36(32,33)27-16-10-11-18-20(12-16)37(34,35)28-23(26-18)21-22(30)17-4-2-3-5-19(17)29(24(21)31)13-14-6-8-15(25)9-7-14/h6-12,17,19,27,30H,2-5,13H2,1H3,(H,26,28)/t17-,19+/m1/s1. The molecule has 1 amide bonds. The molecule has 1 saturated carbocycles. The molecule has 0 spiro atoms. The van der Waals surface area contributed by atoms with Gasteiger partial charge in [-0.25, -0.2) is 12.8 Å². The van der Waals surface area contributed by atoms with Crippen molar-refractivity contribution in [3.05, 3.63) is 65.2 Å². The Morgan fingerprint density at radius 2 is 1.86 bits per heavy atom. The van der Waals surface area contributed by atoms with Crippen LogP contribution in [0.15, 0.2) is 63.1 Å². The Labute approximate surface area is 214 Å². The van der Waals surface area contributed by atoms with Gasteiger partial charge in [0.1, 0.15) is 22.0 Å². The van der Waals surface area contributed by atoms with E-state index in [4.69, 9.17) is 0 Å². The number of hydrogen-bond donors (Lipinski definition) is 3. The van der Waals surface area contributed by atoms with Crippen LogP contribution in [0.3, 0.4) is 0 Å². The highest BCUT2D eigenvalue weighted by molar-refractivity contribution is 7.92. The van der Waals surface area contributed by atoms with Crippen LogP contribution in [0.1, 0.15) is 31.2 Å². The molecule has 2 atom stereocenters. The Kier molecular flexibility index (Phi) is 6.23. The lowest BCUT2D eigenvalue weighted by atomic mass is 9.78. The average Bonchev–Trinajstić information content (AvgIpc) is 2.82. The lowest BCUT2D eigenvalue weighted by Crippen LogP contribution is -2.52. The number of nitrogens with zero attached hydrogens (tertiary/aromatic N) is 2. The highest BCUT2D eigenvalue weighted by Gasteiger charge is 2.45. The zero-order valence-electron chi connectivity index (χ0n) is 19.8. The molecule has 2 aromatic rings. The van der Waals surface area contributed by atoms with Crippen LogP contribution >= 0.6 is 0 Å². The summed E-state index contributed by atoms with van der Waals surface area (Å²) in [5.74, 6) is -1.87. The minimum absolute atomic E-state index is 0.0385. The molecule has 2 aromatic carbocycles. The Bertz CT molecular complexity index is 1550. The number of aliphatic hydroxyl groups excluding tert-OH is 1. The lowest BCUT2D eigenvalue weighted by molar-refractivity contribution is -0.133. The van der Waals surface area contributed by atoms with E-state index in [0.717, 1.165) is 25.2 Å². The van der Waals surface area contributed by atoms with Gasteiger partial charge in [-0.2, -0.15) is 8.42 Å². The van der Waals surface area contributed by atoms with Crippen molar-refractivity contribution in [2.75, 3.05) is 16.3 Å². The quantitative estimate of drug-likeness (QED) is 0.521. The van der Waals surface area contributed by atoms with Crippen LogP contribution in [0.2, 0.25) is 0 Å². The number of amidine groups is 1. The number of anilines is 2. The molecule has 1 fully saturated rings. The fourth-order valence-corrected chi connectivity index (χ4v) is 6.84. The zero-order valence-corrected chi connectivity index (χ0v) is 21.4. The van der Waals surface area contributed by atoms with Gasteiger partial charge in [0.25, 0.3) is 15.9 Å². The summed E-state index contributed by atoms with van der Waals surface area (Å²) in [7, 11) is -7.98. The molecule has 0 unspecified atom stereocenters. The number of benzene rings is 2. The largest absolute Gasteiger partial charge is 0.511 e. The number of carbonyl (C=O) groups excluding carboxylic acids is 1. The van der Waals surface area contributed by atoms with E-state index in [1.54, 1.807) is 17.0 Å². The van der Waals surface area contributed by atoms with E-state index in [2.05, 4.69) is 14.4 Å². The number of halogens is 1. The second-order valence-corrected chi connectivity index (χ2v) is 12.7. The molecule has 0 radical (unpaired) electrons. The molecular formula is C24H25FN4O6S2. The average molecular weight is 549 g/mol. The van der Waals surface area contributed by atoms with Crippen molar-refractivity contribution < 1.29 is 31.1 Å². The molecule has 0 aromatic heterocycles. The highest BCUT2D eigenvalue weighted by atomic mass is 32.2. The molecule has 3 N–H and O–H groups in total. The molecule has 10 nitrogen and oxygen atoms in total. The van der Waals surface area contributed by atoms with Gasteiger partial charge >= 0.3 is 0 Å². The van der Waals surface area contributed by atoms with Gasteiger partial charge in [-0.1, -0.05) is 25.0 Å². The number of hydrogen-bond acceptors (Lipinski definition) is 7. The van der Waals surface area contributed by atoms with E-state index in [1.165, 1.54) is 24.3 Å². The van der Waals surface area contributed by atoms with Crippen molar-refractivity contribution in [3.8, 4) is 0 Å². The summed E-state index contributed by atoms with van der Waals surface area (Å²) in [6.07, 6.45) is 3.95. The van der Waals surface area contributed by atoms with Crippen LogP contribution < -0.4 is 10.0 Å². The number of nitrogens with one attached hydrogen (secondary N) is 2. The second-order valence-electron chi connectivity index (χ2n) is 9.40. The third kappa shape index (κ3) is 4.92. The van der Waals surface area contributed by atoms with E-state index >= 15 is 0 Å². The minimum atomic E-state index is -4.34. The Morgan fingerprint density at radius 1 is 1.16 bits per heavy atom. The van der Waals surface area contributed by atoms with Gasteiger partial charge in [0.05, 0.1) is 11.9 Å². The summed E-state index contributed by atoms with van der Waals surface area (Å²) >= 11 is 0. The predicted octanol–water partition coefficient (Wildman–Crippen LogP) is 3.12. The summed E-state index contributed by atoms with van der Waals surface area (Å²) in [6.45, 7) is 0.161. The van der Waals surface area contributed by atoms with Gasteiger partial charge in [-0.15, -0.1) is 4.40 Å². The first-order valence-corrected chi connectivity index (χ1v) is 15.0. The molecule has 0 saturated heterocycles. The van der Waals surface area contributed by atoms with Crippen molar-refractivity contribution in [2.45, 2.75) is 43.2 Å². The van der Waals surface area contributed by atoms with Gasteiger partial charge in [0.2, 0.25) is 10.0 Å². The SMILES string of the molecule is CS(=O)(=O)Nc1ccc2c(c1)S(=O)(=O)N=C(C1=C(O)[C@@H]3CCCC[C@@H]3N(Cc3ccc(F)cc3)C1=O)N2. The van der Waals surface area contributed by atoms with Crippen LogP contribution in [0.5, 0.6) is 0 Å². The van der Waals surface area contributed by atoms with Gasteiger partial charge in [0, 0.05) is 24.2 Å². The lowest BCUT2D eigenvalue weighted by Gasteiger charge is -2.44. The summed E-state index contributed by atoms with van der Waals surface area (Å²) < 4.78 is 68.7. The molecule has 5 rings (SSSR count). The molecule has 196 valence electrons. The van der Waals surface area contributed by atoms with Crippen LogP contribution in [-0.2, 0) is 31.4 Å². The van der Waals surface area contributed by atoms with Crippen molar-refractivity contribution in [2.24, 2.45) is 10.3 Å². The summed E-state index contributed by atoms with van der Waals surface area (Å²) in [4.78, 5) is 15.1. The first-order valence-electron chi connectivity index (χ1n) is 11.7.